The van der Waals surface area contributed by atoms with Crippen molar-refractivity contribution in [2.24, 2.45) is 0 Å². The second-order valence-electron chi connectivity index (χ2n) is 8.59. The van der Waals surface area contributed by atoms with Crippen LogP contribution < -0.4 is 5.56 Å². The maximum Gasteiger partial charge on any atom is 0.433 e. The van der Waals surface area contributed by atoms with E-state index in [1.165, 1.54) is 23.4 Å². The van der Waals surface area contributed by atoms with Crippen LogP contribution in [-0.2, 0) is 16.2 Å². The molecule has 36 heavy (non-hydrogen) atoms. The minimum absolute atomic E-state index is 0.00598. The van der Waals surface area contributed by atoms with Gasteiger partial charge in [0.25, 0.3) is 11.4 Å². The number of aryl methyl sites for hydroxylation is 1. The Morgan fingerprint density at radius 3 is 2.50 bits per heavy atom. The van der Waals surface area contributed by atoms with Crippen LogP contribution in [0.3, 0.4) is 0 Å². The highest BCUT2D eigenvalue weighted by Crippen LogP contribution is 2.39. The number of rotatable bonds is 4. The van der Waals surface area contributed by atoms with Gasteiger partial charge in [-0.1, -0.05) is 36.8 Å². The Balaban J connectivity index is 1.66. The third-order valence-electron chi connectivity index (χ3n) is 6.13. The molecule has 1 fully saturated rings. The number of fused-ring (bicyclic) bond motifs is 1. The van der Waals surface area contributed by atoms with Gasteiger partial charge in [0.1, 0.15) is 17.3 Å². The first-order valence-electron chi connectivity index (χ1n) is 11.1. The average Bonchev–Trinajstić information content (AvgIpc) is 3.44. The van der Waals surface area contributed by atoms with Gasteiger partial charge < -0.3 is 4.42 Å². The van der Waals surface area contributed by atoms with Crippen molar-refractivity contribution < 1.29 is 26.0 Å². The molecule has 0 saturated carbocycles. The number of H-pyrrole nitrogens is 1. The van der Waals surface area contributed by atoms with Gasteiger partial charge in [-0.2, -0.15) is 22.0 Å². The van der Waals surface area contributed by atoms with Gasteiger partial charge in [0, 0.05) is 6.54 Å². The largest absolute Gasteiger partial charge is 0.433 e. The predicted octanol–water partition coefficient (Wildman–Crippen LogP) is 3.55. The van der Waals surface area contributed by atoms with Crippen molar-refractivity contribution in [3.8, 4) is 22.6 Å². The van der Waals surface area contributed by atoms with E-state index in [1.807, 2.05) is 0 Å². The summed E-state index contributed by atoms with van der Waals surface area (Å²) in [6.45, 7) is 1.75. The standard InChI is InChI=1S/C22H21F3N6O4S/c1-12-15(20-28-27-19(35-20)14-10-6-7-11-30(14)36(2,33)34)21(32)31-18(26-12)16(13-8-4-3-5-9-13)17(29-31)22(23,24)25/h3-5,8-9,14,29H,6-7,10-11H2,1-2H3. The van der Waals surface area contributed by atoms with Crippen molar-refractivity contribution in [3.05, 3.63) is 58.0 Å². The summed E-state index contributed by atoms with van der Waals surface area (Å²) < 4.78 is 73.8. The lowest BCUT2D eigenvalue weighted by Gasteiger charge is -2.31. The molecule has 14 heteroatoms. The predicted molar refractivity (Wildman–Crippen MR) is 122 cm³/mol. The van der Waals surface area contributed by atoms with E-state index in [4.69, 9.17) is 4.42 Å². The van der Waals surface area contributed by atoms with Gasteiger partial charge in [-0.3, -0.25) is 9.89 Å². The number of nitrogens with zero attached hydrogens (tertiary/aromatic N) is 5. The third-order valence-corrected chi connectivity index (χ3v) is 7.42. The molecule has 1 aliphatic heterocycles. The van der Waals surface area contributed by atoms with Gasteiger partial charge in [-0.15, -0.1) is 10.2 Å². The molecule has 0 bridgehead atoms. The summed E-state index contributed by atoms with van der Waals surface area (Å²) in [5.41, 5.74) is -2.29. The molecule has 1 unspecified atom stereocenters. The number of piperidine rings is 1. The first-order chi connectivity index (χ1) is 17.0. The number of hydrogen-bond acceptors (Lipinski definition) is 7. The van der Waals surface area contributed by atoms with E-state index in [0.717, 1.165) is 12.7 Å². The normalized spacial score (nSPS) is 17.6. The van der Waals surface area contributed by atoms with Crippen LogP contribution in [0.25, 0.3) is 28.2 Å². The molecular weight excluding hydrogens is 501 g/mol. The fourth-order valence-electron chi connectivity index (χ4n) is 4.53. The Hall–Kier alpha value is -3.52. The number of aromatic nitrogens is 5. The van der Waals surface area contributed by atoms with Crippen molar-refractivity contribution in [2.45, 2.75) is 38.4 Å². The van der Waals surface area contributed by atoms with E-state index in [-0.39, 0.29) is 39.8 Å². The topological polar surface area (TPSA) is 126 Å². The second kappa shape index (κ2) is 8.55. The lowest BCUT2D eigenvalue weighted by molar-refractivity contribution is -0.140. The van der Waals surface area contributed by atoms with Crippen LogP contribution in [0.4, 0.5) is 13.2 Å². The van der Waals surface area contributed by atoms with Gasteiger partial charge in [0.2, 0.25) is 15.9 Å². The van der Waals surface area contributed by atoms with Crippen molar-refractivity contribution in [2.75, 3.05) is 12.8 Å². The summed E-state index contributed by atoms with van der Waals surface area (Å²) in [6, 6.07) is 7.14. The maximum absolute atomic E-state index is 13.9. The summed E-state index contributed by atoms with van der Waals surface area (Å²) in [6.07, 6.45) is -1.81. The van der Waals surface area contributed by atoms with Crippen molar-refractivity contribution in [3.63, 3.8) is 0 Å². The highest BCUT2D eigenvalue weighted by molar-refractivity contribution is 7.88. The van der Waals surface area contributed by atoms with Crippen LogP contribution in [0.5, 0.6) is 0 Å². The molecule has 0 aliphatic carbocycles. The minimum Gasteiger partial charge on any atom is -0.419 e. The monoisotopic (exact) mass is 522 g/mol. The molecule has 1 aliphatic rings. The molecular formula is C22H21F3N6O4S. The smallest absolute Gasteiger partial charge is 0.419 e. The summed E-state index contributed by atoms with van der Waals surface area (Å²) in [5.74, 6) is -0.246. The van der Waals surface area contributed by atoms with Crippen LogP contribution >= 0.6 is 0 Å². The number of nitrogens with one attached hydrogen (secondary N) is 1. The van der Waals surface area contributed by atoms with Crippen LogP contribution in [0, 0.1) is 6.92 Å². The van der Waals surface area contributed by atoms with Crippen LogP contribution in [0.2, 0.25) is 0 Å². The number of alkyl halides is 3. The summed E-state index contributed by atoms with van der Waals surface area (Å²) in [4.78, 5) is 17.7. The Morgan fingerprint density at radius 1 is 1.11 bits per heavy atom. The first-order valence-corrected chi connectivity index (χ1v) is 12.9. The summed E-state index contributed by atoms with van der Waals surface area (Å²) in [7, 11) is -3.55. The number of benzene rings is 1. The molecule has 190 valence electrons. The van der Waals surface area contributed by atoms with E-state index in [0.29, 0.717) is 23.9 Å². The molecule has 3 aromatic heterocycles. The van der Waals surface area contributed by atoms with Gasteiger partial charge in [-0.25, -0.2) is 13.4 Å². The van der Waals surface area contributed by atoms with Crippen molar-refractivity contribution in [1.82, 2.24) is 29.1 Å². The van der Waals surface area contributed by atoms with E-state index in [2.05, 4.69) is 20.3 Å². The summed E-state index contributed by atoms with van der Waals surface area (Å²) in [5, 5.41) is 10.0. The zero-order chi connectivity index (χ0) is 25.8. The molecule has 0 radical (unpaired) electrons. The number of aromatic amines is 1. The lowest BCUT2D eigenvalue weighted by Crippen LogP contribution is -2.37. The fourth-order valence-corrected chi connectivity index (χ4v) is 5.65. The molecule has 1 N–H and O–H groups in total. The first kappa shape index (κ1) is 24.2. The molecule has 10 nitrogen and oxygen atoms in total. The zero-order valence-corrected chi connectivity index (χ0v) is 20.0. The molecule has 1 atom stereocenters. The van der Waals surface area contributed by atoms with E-state index in [9.17, 15) is 26.4 Å². The van der Waals surface area contributed by atoms with Crippen molar-refractivity contribution in [1.29, 1.82) is 0 Å². The zero-order valence-electron chi connectivity index (χ0n) is 19.2. The van der Waals surface area contributed by atoms with Gasteiger partial charge in [-0.05, 0) is 25.3 Å². The number of sulfonamides is 1. The molecule has 4 heterocycles. The number of hydrogen-bond donors (Lipinski definition) is 1. The molecule has 1 aromatic carbocycles. The second-order valence-corrected chi connectivity index (χ2v) is 10.5. The highest BCUT2D eigenvalue weighted by atomic mass is 32.2. The van der Waals surface area contributed by atoms with E-state index >= 15 is 0 Å². The van der Waals surface area contributed by atoms with Gasteiger partial charge >= 0.3 is 6.18 Å². The molecule has 1 saturated heterocycles. The van der Waals surface area contributed by atoms with Gasteiger partial charge in [0.05, 0.1) is 17.5 Å². The molecule has 4 aromatic rings. The van der Waals surface area contributed by atoms with Crippen molar-refractivity contribution >= 4 is 15.7 Å². The highest BCUT2D eigenvalue weighted by Gasteiger charge is 2.39. The Morgan fingerprint density at radius 2 is 1.83 bits per heavy atom. The van der Waals surface area contributed by atoms with Crippen LogP contribution in [-0.4, -0.2) is 50.3 Å². The third kappa shape index (κ3) is 4.09. The Labute approximate surface area is 202 Å². The Bertz CT molecular complexity index is 1610. The summed E-state index contributed by atoms with van der Waals surface area (Å²) >= 11 is 0. The van der Waals surface area contributed by atoms with E-state index < -0.39 is 33.5 Å². The van der Waals surface area contributed by atoms with E-state index in [1.54, 1.807) is 18.2 Å². The Kier molecular flexibility index (Phi) is 5.75. The average molecular weight is 523 g/mol. The minimum atomic E-state index is -4.78. The quantitative estimate of drug-likeness (QED) is 0.434. The van der Waals surface area contributed by atoms with Crippen LogP contribution in [0.1, 0.15) is 42.6 Å². The molecule has 0 spiro atoms. The number of halogens is 3. The fraction of sp³-hybridized carbons (Fsp3) is 0.364. The molecule has 5 rings (SSSR count). The molecule has 0 amide bonds. The lowest BCUT2D eigenvalue weighted by atomic mass is 10.1. The SMILES string of the molecule is Cc1nc2c(-c3ccccc3)c(C(F)(F)F)[nH]n2c(=O)c1-c1nnc(C2CCCCN2S(C)(=O)=O)o1. The van der Waals surface area contributed by atoms with Gasteiger partial charge in [0.15, 0.2) is 5.65 Å². The van der Waals surface area contributed by atoms with Crippen LogP contribution in [0.15, 0.2) is 39.5 Å². The maximum atomic E-state index is 13.9.